The van der Waals surface area contributed by atoms with Crippen LogP contribution in [0.4, 0.5) is 5.82 Å². The zero-order valence-corrected chi connectivity index (χ0v) is 17.5. The van der Waals surface area contributed by atoms with Crippen molar-refractivity contribution in [2.24, 2.45) is 10.9 Å². The molecule has 2 N–H and O–H groups in total. The van der Waals surface area contributed by atoms with Crippen LogP contribution in [0.15, 0.2) is 23.3 Å². The van der Waals surface area contributed by atoms with Crippen LogP contribution in [0.2, 0.25) is 0 Å². The summed E-state index contributed by atoms with van der Waals surface area (Å²) in [4.78, 5) is 11.2. The molecule has 24 heavy (non-hydrogen) atoms. The highest BCUT2D eigenvalue weighted by atomic mass is 127. The van der Waals surface area contributed by atoms with Crippen LogP contribution < -0.4 is 15.5 Å². The summed E-state index contributed by atoms with van der Waals surface area (Å²) in [7, 11) is 1.82. The van der Waals surface area contributed by atoms with E-state index in [2.05, 4.69) is 51.5 Å². The van der Waals surface area contributed by atoms with Gasteiger partial charge in [-0.15, -0.1) is 24.0 Å². The van der Waals surface area contributed by atoms with Gasteiger partial charge in [0.15, 0.2) is 5.96 Å². The molecule has 6 heteroatoms. The second-order valence-corrected chi connectivity index (χ2v) is 6.61. The maximum atomic E-state index is 4.53. The van der Waals surface area contributed by atoms with Gasteiger partial charge in [-0.1, -0.05) is 13.8 Å². The first-order valence-electron chi connectivity index (χ1n) is 8.83. The Hall–Kier alpha value is -1.05. The number of nitrogens with one attached hydrogen (secondary N) is 2. The predicted molar refractivity (Wildman–Crippen MR) is 113 cm³/mol. The molecule has 136 valence electrons. The zero-order valence-electron chi connectivity index (χ0n) is 15.2. The van der Waals surface area contributed by atoms with Gasteiger partial charge in [0, 0.05) is 39.4 Å². The third-order valence-electron chi connectivity index (χ3n) is 4.19. The lowest BCUT2D eigenvalue weighted by atomic mass is 10.1. The predicted octanol–water partition coefficient (Wildman–Crippen LogP) is 3.40. The molecule has 2 heterocycles. The minimum absolute atomic E-state index is 0. The average molecular weight is 445 g/mol. The van der Waals surface area contributed by atoms with E-state index in [4.69, 9.17) is 0 Å². The lowest BCUT2D eigenvalue weighted by molar-refractivity contribution is 0.572. The van der Waals surface area contributed by atoms with E-state index in [9.17, 15) is 0 Å². The topological polar surface area (TPSA) is 52.6 Å². The van der Waals surface area contributed by atoms with Crippen molar-refractivity contribution < 1.29 is 0 Å². The fraction of sp³-hybridized carbons (Fsp3) is 0.667. The Morgan fingerprint density at radius 2 is 2.00 bits per heavy atom. The quantitative estimate of drug-likeness (QED) is 0.401. The number of piperidine rings is 1. The van der Waals surface area contributed by atoms with Crippen LogP contribution in [-0.4, -0.2) is 37.6 Å². The average Bonchev–Trinajstić information content (AvgIpc) is 2.58. The van der Waals surface area contributed by atoms with Crippen molar-refractivity contribution >= 4 is 35.8 Å². The first kappa shape index (κ1) is 21.0. The standard InChI is InChI=1S/C18H31N5.HI/c1-15(2)7-9-21-18(19-3)22-14-16-8-10-20-17(13-16)23-11-5-4-6-12-23;/h8,10,13,15H,4-7,9,11-12,14H2,1-3H3,(H2,19,21,22);1H. The Balaban J connectivity index is 0.00000288. The van der Waals surface area contributed by atoms with E-state index >= 15 is 0 Å². The van der Waals surface area contributed by atoms with Gasteiger partial charge in [-0.3, -0.25) is 4.99 Å². The maximum Gasteiger partial charge on any atom is 0.191 e. The Kier molecular flexibility index (Phi) is 10.1. The Morgan fingerprint density at radius 1 is 1.25 bits per heavy atom. The largest absolute Gasteiger partial charge is 0.357 e. The molecule has 1 fully saturated rings. The van der Waals surface area contributed by atoms with Crippen molar-refractivity contribution in [1.82, 2.24) is 15.6 Å². The van der Waals surface area contributed by atoms with Crippen molar-refractivity contribution in [3.05, 3.63) is 23.9 Å². The third-order valence-corrected chi connectivity index (χ3v) is 4.19. The number of aliphatic imine (C=N–C) groups is 1. The number of pyridine rings is 1. The van der Waals surface area contributed by atoms with Gasteiger partial charge >= 0.3 is 0 Å². The van der Waals surface area contributed by atoms with Crippen molar-refractivity contribution in [2.75, 3.05) is 31.6 Å². The van der Waals surface area contributed by atoms with Crippen molar-refractivity contribution in [1.29, 1.82) is 0 Å². The van der Waals surface area contributed by atoms with Gasteiger partial charge in [-0.05, 0) is 49.3 Å². The molecular weight excluding hydrogens is 413 g/mol. The van der Waals surface area contributed by atoms with Crippen LogP contribution in [0.1, 0.15) is 45.1 Å². The van der Waals surface area contributed by atoms with Crippen LogP contribution in [0.5, 0.6) is 0 Å². The summed E-state index contributed by atoms with van der Waals surface area (Å²) in [5.41, 5.74) is 1.24. The van der Waals surface area contributed by atoms with E-state index in [0.29, 0.717) is 5.92 Å². The van der Waals surface area contributed by atoms with E-state index in [-0.39, 0.29) is 24.0 Å². The molecule has 1 aliphatic heterocycles. The minimum atomic E-state index is 0. The molecule has 1 aromatic heterocycles. The molecule has 0 unspecified atom stereocenters. The molecule has 1 aliphatic rings. The summed E-state index contributed by atoms with van der Waals surface area (Å²) in [5, 5.41) is 6.74. The molecule has 0 radical (unpaired) electrons. The highest BCUT2D eigenvalue weighted by Gasteiger charge is 2.12. The number of anilines is 1. The lowest BCUT2D eigenvalue weighted by Crippen LogP contribution is -2.37. The van der Waals surface area contributed by atoms with Crippen LogP contribution in [-0.2, 0) is 6.54 Å². The summed E-state index contributed by atoms with van der Waals surface area (Å²) < 4.78 is 0. The van der Waals surface area contributed by atoms with E-state index in [1.807, 2.05) is 13.2 Å². The number of halogens is 1. The number of rotatable bonds is 6. The van der Waals surface area contributed by atoms with Crippen LogP contribution in [0.25, 0.3) is 0 Å². The van der Waals surface area contributed by atoms with E-state index < -0.39 is 0 Å². The monoisotopic (exact) mass is 445 g/mol. The van der Waals surface area contributed by atoms with Gasteiger partial charge in [-0.25, -0.2) is 4.98 Å². The molecule has 0 amide bonds. The summed E-state index contributed by atoms with van der Waals surface area (Å²) >= 11 is 0. The smallest absolute Gasteiger partial charge is 0.191 e. The normalized spacial score (nSPS) is 15.2. The Bertz CT molecular complexity index is 498. The minimum Gasteiger partial charge on any atom is -0.357 e. The SMILES string of the molecule is CN=C(NCCC(C)C)NCc1ccnc(N2CCCCC2)c1.I. The van der Waals surface area contributed by atoms with Crippen LogP contribution in [0, 0.1) is 5.92 Å². The van der Waals surface area contributed by atoms with Gasteiger partial charge in [0.25, 0.3) is 0 Å². The fourth-order valence-electron chi connectivity index (χ4n) is 2.75. The fourth-order valence-corrected chi connectivity index (χ4v) is 2.75. The molecule has 2 rings (SSSR count). The van der Waals surface area contributed by atoms with E-state index in [1.165, 1.54) is 24.8 Å². The molecule has 1 aromatic rings. The van der Waals surface area contributed by atoms with Gasteiger partial charge in [0.2, 0.25) is 0 Å². The highest BCUT2D eigenvalue weighted by Crippen LogP contribution is 2.18. The van der Waals surface area contributed by atoms with Gasteiger partial charge in [0.1, 0.15) is 5.82 Å². The first-order valence-corrected chi connectivity index (χ1v) is 8.83. The lowest BCUT2D eigenvalue weighted by Gasteiger charge is -2.28. The van der Waals surface area contributed by atoms with Crippen molar-refractivity contribution in [2.45, 2.75) is 46.1 Å². The van der Waals surface area contributed by atoms with Crippen LogP contribution >= 0.6 is 24.0 Å². The number of aromatic nitrogens is 1. The highest BCUT2D eigenvalue weighted by molar-refractivity contribution is 14.0. The summed E-state index contributed by atoms with van der Waals surface area (Å²) in [6.45, 7) is 8.44. The van der Waals surface area contributed by atoms with Crippen LogP contribution in [0.3, 0.4) is 0 Å². The number of nitrogens with zero attached hydrogens (tertiary/aromatic N) is 3. The summed E-state index contributed by atoms with van der Waals surface area (Å²) in [5.74, 6) is 2.67. The summed E-state index contributed by atoms with van der Waals surface area (Å²) in [6.07, 6.45) is 6.95. The second-order valence-electron chi connectivity index (χ2n) is 6.61. The number of guanidine groups is 1. The molecule has 0 saturated carbocycles. The third kappa shape index (κ3) is 7.23. The molecule has 1 saturated heterocycles. The van der Waals surface area contributed by atoms with Gasteiger partial charge in [0.05, 0.1) is 0 Å². The molecular formula is C18H32IN5. The first-order chi connectivity index (χ1) is 11.2. The molecule has 0 bridgehead atoms. The molecule has 0 aromatic carbocycles. The number of hydrogen-bond donors (Lipinski definition) is 2. The van der Waals surface area contributed by atoms with Crippen molar-refractivity contribution in [3.63, 3.8) is 0 Å². The Morgan fingerprint density at radius 3 is 2.67 bits per heavy atom. The zero-order chi connectivity index (χ0) is 16.5. The molecule has 5 nitrogen and oxygen atoms in total. The number of hydrogen-bond acceptors (Lipinski definition) is 3. The second kappa shape index (κ2) is 11.5. The Labute approximate surface area is 163 Å². The van der Waals surface area contributed by atoms with E-state index in [1.54, 1.807) is 0 Å². The van der Waals surface area contributed by atoms with Gasteiger partial charge in [-0.2, -0.15) is 0 Å². The summed E-state index contributed by atoms with van der Waals surface area (Å²) in [6, 6.07) is 4.27. The maximum absolute atomic E-state index is 4.53. The van der Waals surface area contributed by atoms with Crippen molar-refractivity contribution in [3.8, 4) is 0 Å². The van der Waals surface area contributed by atoms with E-state index in [0.717, 1.165) is 44.4 Å². The van der Waals surface area contributed by atoms with Gasteiger partial charge < -0.3 is 15.5 Å². The molecule has 0 spiro atoms. The molecule has 0 aliphatic carbocycles. The molecule has 0 atom stereocenters.